The summed E-state index contributed by atoms with van der Waals surface area (Å²) in [5, 5.41) is 20.5. The van der Waals surface area contributed by atoms with Gasteiger partial charge in [-0.1, -0.05) is 22.0 Å². The molecule has 1 heterocycles. The topological polar surface area (TPSA) is 58.9 Å². The van der Waals surface area contributed by atoms with Crippen LogP contribution in [0.15, 0.2) is 18.2 Å². The average molecular weight is 317 g/mol. The number of rotatable bonds is 4. The first-order valence-electron chi connectivity index (χ1n) is 6.04. The van der Waals surface area contributed by atoms with Crippen molar-refractivity contribution >= 4 is 15.9 Å². The molecule has 4 nitrogen and oxygen atoms in total. The molecule has 0 aliphatic carbocycles. The van der Waals surface area contributed by atoms with E-state index in [9.17, 15) is 10.2 Å². The second-order valence-electron chi connectivity index (χ2n) is 4.25. The standard InChI is InChI=1S/C13H17BrO4/c14-5-4-10(15)13(16)9-2-3-11-12(8-9)18-7-1-6-17-11/h2-3,8,10,13,15-16H,1,4-7H2. The molecule has 0 aromatic heterocycles. The predicted molar refractivity (Wildman–Crippen MR) is 71.4 cm³/mol. The Hall–Kier alpha value is -0.780. The van der Waals surface area contributed by atoms with Gasteiger partial charge in [-0.3, -0.25) is 0 Å². The van der Waals surface area contributed by atoms with Gasteiger partial charge in [0.15, 0.2) is 11.5 Å². The molecule has 2 atom stereocenters. The molecule has 2 N–H and O–H groups in total. The number of benzene rings is 1. The van der Waals surface area contributed by atoms with Gasteiger partial charge < -0.3 is 19.7 Å². The fraction of sp³-hybridized carbons (Fsp3) is 0.538. The lowest BCUT2D eigenvalue weighted by atomic mass is 10.0. The molecule has 0 fully saturated rings. The van der Waals surface area contributed by atoms with E-state index in [1.807, 2.05) is 0 Å². The molecule has 0 radical (unpaired) electrons. The van der Waals surface area contributed by atoms with E-state index in [1.165, 1.54) is 0 Å². The van der Waals surface area contributed by atoms with Crippen molar-refractivity contribution in [1.82, 2.24) is 0 Å². The van der Waals surface area contributed by atoms with Crippen LogP contribution in [0, 0.1) is 0 Å². The molecule has 1 aromatic carbocycles. The van der Waals surface area contributed by atoms with Crippen molar-refractivity contribution in [2.24, 2.45) is 0 Å². The Kier molecular flexibility index (Phi) is 4.86. The summed E-state index contributed by atoms with van der Waals surface area (Å²) in [4.78, 5) is 0. The molecule has 2 rings (SSSR count). The smallest absolute Gasteiger partial charge is 0.161 e. The molecule has 0 spiro atoms. The number of alkyl halides is 1. The van der Waals surface area contributed by atoms with Crippen LogP contribution < -0.4 is 9.47 Å². The van der Waals surface area contributed by atoms with Crippen molar-refractivity contribution < 1.29 is 19.7 Å². The zero-order valence-electron chi connectivity index (χ0n) is 10.0. The van der Waals surface area contributed by atoms with Crippen molar-refractivity contribution in [3.8, 4) is 11.5 Å². The van der Waals surface area contributed by atoms with Crippen LogP contribution in [0.3, 0.4) is 0 Å². The SMILES string of the molecule is OC(CCBr)C(O)c1ccc2c(c1)OCCCO2. The van der Waals surface area contributed by atoms with Gasteiger partial charge in [-0.15, -0.1) is 0 Å². The number of hydrogen-bond acceptors (Lipinski definition) is 4. The normalized spacial score (nSPS) is 17.9. The van der Waals surface area contributed by atoms with Crippen molar-refractivity contribution in [2.45, 2.75) is 25.0 Å². The van der Waals surface area contributed by atoms with E-state index < -0.39 is 12.2 Å². The van der Waals surface area contributed by atoms with E-state index in [0.29, 0.717) is 42.0 Å². The number of ether oxygens (including phenoxy) is 2. The molecule has 1 aliphatic rings. The molecular weight excluding hydrogens is 300 g/mol. The number of fused-ring (bicyclic) bond motifs is 1. The van der Waals surface area contributed by atoms with Crippen LogP contribution in [0.4, 0.5) is 0 Å². The second kappa shape index (κ2) is 6.41. The van der Waals surface area contributed by atoms with Gasteiger partial charge in [-0.2, -0.15) is 0 Å². The molecular formula is C13H17BrO4. The Bertz CT molecular complexity index is 397. The maximum atomic E-state index is 10.0. The second-order valence-corrected chi connectivity index (χ2v) is 5.04. The van der Waals surface area contributed by atoms with Gasteiger partial charge in [0.25, 0.3) is 0 Å². The van der Waals surface area contributed by atoms with Crippen LogP contribution >= 0.6 is 15.9 Å². The third kappa shape index (κ3) is 3.16. The molecule has 1 aromatic rings. The monoisotopic (exact) mass is 316 g/mol. The van der Waals surface area contributed by atoms with E-state index >= 15 is 0 Å². The van der Waals surface area contributed by atoms with Crippen LogP contribution in [0.5, 0.6) is 11.5 Å². The van der Waals surface area contributed by atoms with E-state index in [4.69, 9.17) is 9.47 Å². The fourth-order valence-electron chi connectivity index (χ4n) is 1.86. The van der Waals surface area contributed by atoms with Gasteiger partial charge in [-0.25, -0.2) is 0 Å². The molecule has 5 heteroatoms. The minimum absolute atomic E-state index is 0.496. The lowest BCUT2D eigenvalue weighted by Gasteiger charge is -2.18. The molecule has 100 valence electrons. The highest BCUT2D eigenvalue weighted by atomic mass is 79.9. The predicted octanol–water partition coefficient (Wildman–Crippen LogP) is 2.03. The highest BCUT2D eigenvalue weighted by molar-refractivity contribution is 9.09. The lowest BCUT2D eigenvalue weighted by Crippen LogP contribution is -2.18. The van der Waals surface area contributed by atoms with Gasteiger partial charge in [0.1, 0.15) is 6.10 Å². The maximum absolute atomic E-state index is 10.0. The first-order valence-corrected chi connectivity index (χ1v) is 7.16. The average Bonchev–Trinajstić information content (AvgIpc) is 2.62. The van der Waals surface area contributed by atoms with E-state index in [1.54, 1.807) is 18.2 Å². The summed E-state index contributed by atoms with van der Waals surface area (Å²) in [6.07, 6.45) is -0.345. The highest BCUT2D eigenvalue weighted by Gasteiger charge is 2.20. The van der Waals surface area contributed by atoms with Crippen LogP contribution in [0.1, 0.15) is 24.5 Å². The first-order chi connectivity index (χ1) is 8.72. The van der Waals surface area contributed by atoms with Crippen molar-refractivity contribution in [1.29, 1.82) is 0 Å². The van der Waals surface area contributed by atoms with Crippen LogP contribution in [-0.4, -0.2) is 34.9 Å². The number of aliphatic hydroxyl groups excluding tert-OH is 2. The summed E-state index contributed by atoms with van der Waals surface area (Å²) in [7, 11) is 0. The summed E-state index contributed by atoms with van der Waals surface area (Å²) in [6, 6.07) is 5.28. The number of aliphatic hydroxyl groups is 2. The van der Waals surface area contributed by atoms with Gasteiger partial charge in [0, 0.05) is 11.8 Å². The zero-order chi connectivity index (χ0) is 13.0. The summed E-state index contributed by atoms with van der Waals surface area (Å²) in [5.41, 5.74) is 0.646. The van der Waals surface area contributed by atoms with Crippen molar-refractivity contribution in [3.63, 3.8) is 0 Å². The minimum atomic E-state index is -0.903. The van der Waals surface area contributed by atoms with Gasteiger partial charge in [0.05, 0.1) is 19.3 Å². The van der Waals surface area contributed by atoms with Crippen LogP contribution in [-0.2, 0) is 0 Å². The van der Waals surface area contributed by atoms with Crippen molar-refractivity contribution in [2.75, 3.05) is 18.5 Å². The molecule has 0 saturated heterocycles. The van der Waals surface area contributed by atoms with E-state index in [2.05, 4.69) is 15.9 Å². The largest absolute Gasteiger partial charge is 0.490 e. The summed E-state index contributed by atoms with van der Waals surface area (Å²) in [6.45, 7) is 1.25. The van der Waals surface area contributed by atoms with E-state index in [-0.39, 0.29) is 0 Å². The van der Waals surface area contributed by atoms with Gasteiger partial charge in [0.2, 0.25) is 0 Å². The highest BCUT2D eigenvalue weighted by Crippen LogP contribution is 2.33. The van der Waals surface area contributed by atoms with E-state index in [0.717, 1.165) is 6.42 Å². The van der Waals surface area contributed by atoms with Crippen molar-refractivity contribution in [3.05, 3.63) is 23.8 Å². The summed E-state index contributed by atoms with van der Waals surface area (Å²) in [5.74, 6) is 1.33. The molecule has 1 aliphatic heterocycles. The minimum Gasteiger partial charge on any atom is -0.490 e. The Balaban J connectivity index is 2.17. The molecule has 2 unspecified atom stereocenters. The Morgan fingerprint density at radius 1 is 1.17 bits per heavy atom. The summed E-state index contributed by atoms with van der Waals surface area (Å²) < 4.78 is 11.1. The first kappa shape index (κ1) is 13.6. The third-order valence-corrected chi connectivity index (χ3v) is 3.34. The van der Waals surface area contributed by atoms with Gasteiger partial charge in [-0.05, 0) is 24.1 Å². The lowest BCUT2D eigenvalue weighted by molar-refractivity contribution is 0.0172. The Morgan fingerprint density at radius 3 is 2.61 bits per heavy atom. The number of hydrogen-bond donors (Lipinski definition) is 2. The number of halogens is 1. The van der Waals surface area contributed by atoms with Crippen LogP contribution in [0.2, 0.25) is 0 Å². The molecule has 0 saturated carbocycles. The summed E-state index contributed by atoms with van der Waals surface area (Å²) >= 11 is 3.25. The quantitative estimate of drug-likeness (QED) is 0.834. The zero-order valence-corrected chi connectivity index (χ0v) is 11.6. The van der Waals surface area contributed by atoms with Crippen LogP contribution in [0.25, 0.3) is 0 Å². The molecule has 0 bridgehead atoms. The molecule has 0 amide bonds. The third-order valence-electron chi connectivity index (χ3n) is 2.88. The maximum Gasteiger partial charge on any atom is 0.161 e. The molecule has 18 heavy (non-hydrogen) atoms. The fourth-order valence-corrected chi connectivity index (χ4v) is 2.32. The Labute approximate surface area is 115 Å². The Morgan fingerprint density at radius 2 is 1.89 bits per heavy atom. The van der Waals surface area contributed by atoms with Gasteiger partial charge >= 0.3 is 0 Å².